The van der Waals surface area contributed by atoms with E-state index >= 15 is 0 Å². The van der Waals surface area contributed by atoms with Crippen molar-refractivity contribution in [3.63, 3.8) is 0 Å². The van der Waals surface area contributed by atoms with E-state index in [1.165, 1.54) is 7.11 Å². The molecule has 0 spiro atoms. The highest BCUT2D eigenvalue weighted by Gasteiger charge is 2.15. The normalized spacial score (nSPS) is 10.6. The molecule has 0 aliphatic rings. The van der Waals surface area contributed by atoms with E-state index in [0.29, 0.717) is 17.2 Å². The van der Waals surface area contributed by atoms with Crippen molar-refractivity contribution in [2.45, 2.75) is 6.92 Å². The summed E-state index contributed by atoms with van der Waals surface area (Å²) in [6.45, 7) is 1.94. The first-order valence-electron chi connectivity index (χ1n) is 7.15. The minimum Gasteiger partial charge on any atom is -0.497 e. The molecule has 0 unspecified atom stereocenters. The smallest absolute Gasteiger partial charge is 0.291 e. The predicted molar refractivity (Wildman–Crippen MR) is 88.5 cm³/mol. The number of carbonyl (C=O) groups is 1. The average Bonchev–Trinajstić information content (AvgIpc) is 3.01. The molecular weight excluding hydrogens is 294 g/mol. The van der Waals surface area contributed by atoms with E-state index in [-0.39, 0.29) is 11.7 Å². The molecule has 2 aromatic carbocycles. The Balaban J connectivity index is 1.90. The molecule has 5 nitrogen and oxygen atoms in total. The van der Waals surface area contributed by atoms with Crippen LogP contribution in [0.15, 0.2) is 46.9 Å². The van der Waals surface area contributed by atoms with Crippen LogP contribution in [0.4, 0.5) is 5.69 Å². The van der Waals surface area contributed by atoms with E-state index in [4.69, 9.17) is 13.9 Å². The molecular formula is C18H17NO4. The first-order valence-corrected chi connectivity index (χ1v) is 7.15. The Kier molecular flexibility index (Phi) is 3.93. The van der Waals surface area contributed by atoms with Gasteiger partial charge in [-0.25, -0.2) is 0 Å². The van der Waals surface area contributed by atoms with Crippen molar-refractivity contribution in [1.82, 2.24) is 0 Å². The number of benzene rings is 2. The third-order valence-corrected chi connectivity index (χ3v) is 3.62. The van der Waals surface area contributed by atoms with Crippen LogP contribution in [0.3, 0.4) is 0 Å². The average molecular weight is 311 g/mol. The van der Waals surface area contributed by atoms with Gasteiger partial charge in [0.2, 0.25) is 0 Å². The van der Waals surface area contributed by atoms with Crippen LogP contribution in [0, 0.1) is 6.92 Å². The van der Waals surface area contributed by atoms with Gasteiger partial charge in [-0.3, -0.25) is 4.79 Å². The van der Waals surface area contributed by atoms with E-state index in [0.717, 1.165) is 16.5 Å². The largest absolute Gasteiger partial charge is 0.497 e. The highest BCUT2D eigenvalue weighted by Crippen LogP contribution is 2.30. The molecule has 0 radical (unpaired) electrons. The molecule has 0 fully saturated rings. The molecule has 0 saturated carbocycles. The van der Waals surface area contributed by atoms with Crippen molar-refractivity contribution in [3.8, 4) is 11.5 Å². The second kappa shape index (κ2) is 6.04. The van der Waals surface area contributed by atoms with Crippen molar-refractivity contribution in [1.29, 1.82) is 0 Å². The standard InChI is InChI=1S/C18H17NO4/c1-11-5-4-6-12-9-16(23-17(11)12)18(20)19-14-8-7-13(21-2)10-15(14)22-3/h4-10H,1-3H3,(H,19,20). The van der Waals surface area contributed by atoms with Gasteiger partial charge in [0, 0.05) is 11.5 Å². The third kappa shape index (κ3) is 2.85. The molecule has 23 heavy (non-hydrogen) atoms. The molecule has 1 amide bonds. The van der Waals surface area contributed by atoms with Crippen LogP contribution in [0.25, 0.3) is 11.0 Å². The van der Waals surface area contributed by atoms with Gasteiger partial charge >= 0.3 is 0 Å². The molecule has 1 heterocycles. The Morgan fingerprint density at radius 2 is 1.91 bits per heavy atom. The van der Waals surface area contributed by atoms with Crippen LogP contribution in [0.2, 0.25) is 0 Å². The Morgan fingerprint density at radius 1 is 1.09 bits per heavy atom. The molecule has 0 atom stereocenters. The van der Waals surface area contributed by atoms with Crippen molar-refractivity contribution < 1.29 is 18.7 Å². The number of ether oxygens (including phenoxy) is 2. The lowest BCUT2D eigenvalue weighted by Gasteiger charge is -2.10. The topological polar surface area (TPSA) is 60.7 Å². The second-order valence-corrected chi connectivity index (χ2v) is 5.12. The molecule has 3 aromatic rings. The number of fused-ring (bicyclic) bond motifs is 1. The van der Waals surface area contributed by atoms with Crippen LogP contribution < -0.4 is 14.8 Å². The molecule has 0 aliphatic carbocycles. The molecule has 0 bridgehead atoms. The number of para-hydroxylation sites is 1. The minimum absolute atomic E-state index is 0.257. The van der Waals surface area contributed by atoms with Gasteiger partial charge < -0.3 is 19.2 Å². The maximum atomic E-state index is 12.4. The summed E-state index contributed by atoms with van der Waals surface area (Å²) in [5.41, 5.74) is 2.26. The molecule has 3 rings (SSSR count). The van der Waals surface area contributed by atoms with E-state index < -0.39 is 0 Å². The summed E-state index contributed by atoms with van der Waals surface area (Å²) < 4.78 is 16.1. The lowest BCUT2D eigenvalue weighted by Crippen LogP contribution is -2.11. The zero-order valence-corrected chi connectivity index (χ0v) is 13.2. The number of hydrogen-bond acceptors (Lipinski definition) is 4. The van der Waals surface area contributed by atoms with E-state index in [1.54, 1.807) is 31.4 Å². The van der Waals surface area contributed by atoms with E-state index in [1.807, 2.05) is 25.1 Å². The van der Waals surface area contributed by atoms with Gasteiger partial charge in [0.15, 0.2) is 5.76 Å². The Hall–Kier alpha value is -2.95. The molecule has 0 aliphatic heterocycles. The maximum absolute atomic E-state index is 12.4. The first-order chi connectivity index (χ1) is 11.1. The monoisotopic (exact) mass is 311 g/mol. The number of carbonyl (C=O) groups excluding carboxylic acids is 1. The van der Waals surface area contributed by atoms with Gasteiger partial charge in [0.1, 0.15) is 17.1 Å². The summed E-state index contributed by atoms with van der Waals surface area (Å²) in [6, 6.07) is 12.7. The van der Waals surface area contributed by atoms with Crippen LogP contribution in [0.5, 0.6) is 11.5 Å². The van der Waals surface area contributed by atoms with E-state index in [9.17, 15) is 4.79 Å². The summed E-state index contributed by atoms with van der Waals surface area (Å²) in [5.74, 6) is 1.10. The number of rotatable bonds is 4. The van der Waals surface area contributed by atoms with Gasteiger partial charge in [-0.15, -0.1) is 0 Å². The van der Waals surface area contributed by atoms with Crippen molar-refractivity contribution in [2.75, 3.05) is 19.5 Å². The maximum Gasteiger partial charge on any atom is 0.291 e. The first kappa shape index (κ1) is 15.0. The number of amides is 1. The minimum atomic E-state index is -0.330. The van der Waals surface area contributed by atoms with Crippen molar-refractivity contribution in [3.05, 3.63) is 53.8 Å². The number of furan rings is 1. The van der Waals surface area contributed by atoms with Crippen LogP contribution in [-0.2, 0) is 0 Å². The predicted octanol–water partition coefficient (Wildman–Crippen LogP) is 4.01. The molecule has 118 valence electrons. The lowest BCUT2D eigenvalue weighted by atomic mass is 10.2. The number of anilines is 1. The van der Waals surface area contributed by atoms with Crippen LogP contribution >= 0.6 is 0 Å². The lowest BCUT2D eigenvalue weighted by molar-refractivity contribution is 0.0998. The summed E-state index contributed by atoms with van der Waals surface area (Å²) in [4.78, 5) is 12.4. The zero-order valence-electron chi connectivity index (χ0n) is 13.2. The van der Waals surface area contributed by atoms with E-state index in [2.05, 4.69) is 5.32 Å². The summed E-state index contributed by atoms with van der Waals surface area (Å²) in [5, 5.41) is 3.70. The van der Waals surface area contributed by atoms with Gasteiger partial charge in [-0.05, 0) is 30.7 Å². The van der Waals surface area contributed by atoms with Crippen LogP contribution in [0.1, 0.15) is 16.1 Å². The Morgan fingerprint density at radius 3 is 2.61 bits per heavy atom. The van der Waals surface area contributed by atoms with Gasteiger partial charge in [-0.1, -0.05) is 18.2 Å². The number of nitrogens with one attached hydrogen (secondary N) is 1. The summed E-state index contributed by atoms with van der Waals surface area (Å²) >= 11 is 0. The molecule has 5 heteroatoms. The number of aryl methyl sites for hydroxylation is 1. The Labute approximate surface area is 133 Å². The molecule has 0 saturated heterocycles. The van der Waals surface area contributed by atoms with Gasteiger partial charge in [0.25, 0.3) is 5.91 Å². The fourth-order valence-electron chi connectivity index (χ4n) is 2.41. The SMILES string of the molecule is COc1ccc(NC(=O)c2cc3cccc(C)c3o2)c(OC)c1. The third-order valence-electron chi connectivity index (χ3n) is 3.62. The molecule has 1 N–H and O–H groups in total. The van der Waals surface area contributed by atoms with Crippen molar-refractivity contribution >= 4 is 22.6 Å². The molecule has 1 aromatic heterocycles. The fourth-order valence-corrected chi connectivity index (χ4v) is 2.41. The highest BCUT2D eigenvalue weighted by atomic mass is 16.5. The quantitative estimate of drug-likeness (QED) is 0.791. The second-order valence-electron chi connectivity index (χ2n) is 5.12. The van der Waals surface area contributed by atoms with Gasteiger partial charge in [-0.2, -0.15) is 0 Å². The van der Waals surface area contributed by atoms with Crippen LogP contribution in [-0.4, -0.2) is 20.1 Å². The summed E-state index contributed by atoms with van der Waals surface area (Å²) in [7, 11) is 3.11. The zero-order chi connectivity index (χ0) is 16.4. The highest BCUT2D eigenvalue weighted by molar-refractivity contribution is 6.05. The Bertz CT molecular complexity index is 867. The number of methoxy groups -OCH3 is 2. The van der Waals surface area contributed by atoms with Crippen molar-refractivity contribution in [2.24, 2.45) is 0 Å². The summed E-state index contributed by atoms with van der Waals surface area (Å²) in [6.07, 6.45) is 0. The number of hydrogen-bond donors (Lipinski definition) is 1. The van der Waals surface area contributed by atoms with Gasteiger partial charge in [0.05, 0.1) is 19.9 Å². The fraction of sp³-hybridized carbons (Fsp3) is 0.167.